The number of aromatic carboxylic acids is 1. The molecular weight excluding hydrogens is 380 g/mol. The first kappa shape index (κ1) is 20.8. The molecule has 0 aliphatic carbocycles. The fraction of sp³-hybridized carbons (Fsp3) is 0.125. The molecule has 0 bridgehead atoms. The number of carboxylic acid groups (broad SMARTS) is 1. The zero-order valence-corrected chi connectivity index (χ0v) is 16.7. The van der Waals surface area contributed by atoms with Crippen molar-refractivity contribution >= 4 is 17.0 Å². The molecule has 2 N–H and O–H groups in total. The minimum atomic E-state index is -1.21. The highest BCUT2D eigenvalue weighted by molar-refractivity contribution is 5.91. The molecule has 0 radical (unpaired) electrons. The summed E-state index contributed by atoms with van der Waals surface area (Å²) in [5, 5.41) is 18.9. The first-order chi connectivity index (χ1) is 14.4. The van der Waals surface area contributed by atoms with Gasteiger partial charge in [-0.3, -0.25) is 4.79 Å². The van der Waals surface area contributed by atoms with E-state index in [1.807, 2.05) is 62.4 Å². The van der Waals surface area contributed by atoms with Crippen LogP contribution in [0.15, 0.2) is 77.7 Å². The fourth-order valence-corrected chi connectivity index (χ4v) is 3.09. The number of benzene rings is 2. The van der Waals surface area contributed by atoms with E-state index in [0.29, 0.717) is 23.3 Å². The van der Waals surface area contributed by atoms with Gasteiger partial charge in [0.05, 0.1) is 5.39 Å². The van der Waals surface area contributed by atoms with Crippen LogP contribution in [0, 0.1) is 6.92 Å². The summed E-state index contributed by atoms with van der Waals surface area (Å²) in [7, 11) is 0. The predicted octanol–water partition coefficient (Wildman–Crippen LogP) is 4.48. The number of aryl methyl sites for hydroxylation is 2. The monoisotopic (exact) mass is 402 g/mol. The molecule has 0 aliphatic heterocycles. The van der Waals surface area contributed by atoms with E-state index in [1.54, 1.807) is 22.8 Å². The maximum absolute atomic E-state index is 11.9. The molecule has 0 unspecified atom stereocenters. The second-order valence-corrected chi connectivity index (χ2v) is 6.67. The van der Waals surface area contributed by atoms with Crippen molar-refractivity contribution in [3.8, 4) is 16.9 Å². The third-order valence-electron chi connectivity index (χ3n) is 4.62. The van der Waals surface area contributed by atoms with Crippen molar-refractivity contribution in [2.45, 2.75) is 20.4 Å². The highest BCUT2D eigenvalue weighted by atomic mass is 16.4. The van der Waals surface area contributed by atoms with Crippen molar-refractivity contribution in [1.82, 2.24) is 9.55 Å². The van der Waals surface area contributed by atoms with Crippen molar-refractivity contribution in [1.29, 1.82) is 0 Å². The molecular formula is C24H22N2O4. The second-order valence-electron chi connectivity index (χ2n) is 6.67. The maximum atomic E-state index is 11.9. The van der Waals surface area contributed by atoms with E-state index in [9.17, 15) is 14.7 Å². The van der Waals surface area contributed by atoms with E-state index >= 15 is 0 Å². The van der Waals surface area contributed by atoms with Crippen molar-refractivity contribution in [2.24, 2.45) is 0 Å². The zero-order chi connectivity index (χ0) is 21.7. The van der Waals surface area contributed by atoms with Crippen LogP contribution < -0.4 is 5.43 Å². The third-order valence-corrected chi connectivity index (χ3v) is 4.62. The molecule has 4 rings (SSSR count). The minimum Gasteiger partial charge on any atom is -0.507 e. The molecule has 6 heteroatoms. The zero-order valence-electron chi connectivity index (χ0n) is 16.7. The van der Waals surface area contributed by atoms with E-state index in [4.69, 9.17) is 5.11 Å². The van der Waals surface area contributed by atoms with Crippen molar-refractivity contribution in [3.05, 3.63) is 94.4 Å². The number of phenols is 1. The second kappa shape index (κ2) is 9.05. The number of aromatic nitrogens is 2. The number of para-hydroxylation sites is 1. The molecule has 152 valence electrons. The van der Waals surface area contributed by atoms with Gasteiger partial charge in [-0.1, -0.05) is 48.5 Å². The normalized spacial score (nSPS) is 10.3. The van der Waals surface area contributed by atoms with E-state index in [-0.39, 0.29) is 5.56 Å². The van der Waals surface area contributed by atoms with Gasteiger partial charge in [0.15, 0.2) is 0 Å². The Morgan fingerprint density at radius 3 is 2.30 bits per heavy atom. The van der Waals surface area contributed by atoms with Crippen molar-refractivity contribution < 1.29 is 15.0 Å². The Hall–Kier alpha value is -3.93. The molecule has 0 saturated carbocycles. The SMILES string of the molecule is CCn1cc(C(=O)O)c(=O)c2ccc(C)nc21.Oc1ccccc1-c1ccccc1. The van der Waals surface area contributed by atoms with Gasteiger partial charge in [-0.25, -0.2) is 9.78 Å². The smallest absolute Gasteiger partial charge is 0.341 e. The van der Waals surface area contributed by atoms with Gasteiger partial charge in [-0.05, 0) is 37.6 Å². The number of fused-ring (bicyclic) bond motifs is 1. The molecule has 30 heavy (non-hydrogen) atoms. The summed E-state index contributed by atoms with van der Waals surface area (Å²) in [6.07, 6.45) is 1.35. The highest BCUT2D eigenvalue weighted by Gasteiger charge is 2.14. The summed E-state index contributed by atoms with van der Waals surface area (Å²) in [6, 6.07) is 20.5. The summed E-state index contributed by atoms with van der Waals surface area (Å²) in [5.41, 5.74) is 2.54. The molecule has 6 nitrogen and oxygen atoms in total. The van der Waals surface area contributed by atoms with Crippen molar-refractivity contribution in [3.63, 3.8) is 0 Å². The van der Waals surface area contributed by atoms with Crippen LogP contribution in [0.4, 0.5) is 0 Å². The largest absolute Gasteiger partial charge is 0.507 e. The topological polar surface area (TPSA) is 92.4 Å². The Balaban J connectivity index is 0.000000177. The van der Waals surface area contributed by atoms with Gasteiger partial charge in [-0.2, -0.15) is 0 Å². The summed E-state index contributed by atoms with van der Waals surface area (Å²) >= 11 is 0. The molecule has 2 aromatic carbocycles. The third kappa shape index (κ3) is 4.38. The van der Waals surface area contributed by atoms with Gasteiger partial charge in [0.2, 0.25) is 5.43 Å². The van der Waals surface area contributed by atoms with E-state index in [1.165, 1.54) is 6.20 Å². The number of phenolic OH excluding ortho intramolecular Hbond substituents is 1. The predicted molar refractivity (Wildman–Crippen MR) is 117 cm³/mol. The minimum absolute atomic E-state index is 0.218. The first-order valence-electron chi connectivity index (χ1n) is 9.50. The fourth-order valence-electron chi connectivity index (χ4n) is 3.09. The number of carboxylic acids is 1. The van der Waals surface area contributed by atoms with Gasteiger partial charge in [0.25, 0.3) is 0 Å². The molecule has 0 amide bonds. The molecule has 0 fully saturated rings. The van der Waals surface area contributed by atoms with Gasteiger partial charge >= 0.3 is 5.97 Å². The number of pyridine rings is 2. The van der Waals surface area contributed by atoms with Crippen LogP contribution in [0.1, 0.15) is 23.0 Å². The van der Waals surface area contributed by atoms with Gasteiger partial charge in [0.1, 0.15) is 17.0 Å². The van der Waals surface area contributed by atoms with Gasteiger partial charge in [0, 0.05) is 24.0 Å². The lowest BCUT2D eigenvalue weighted by Crippen LogP contribution is -2.19. The summed E-state index contributed by atoms with van der Waals surface area (Å²) in [6.45, 7) is 4.27. The Morgan fingerprint density at radius 1 is 1.00 bits per heavy atom. The summed E-state index contributed by atoms with van der Waals surface area (Å²) in [5.74, 6) is -0.881. The number of hydrogen-bond acceptors (Lipinski definition) is 4. The maximum Gasteiger partial charge on any atom is 0.341 e. The average Bonchev–Trinajstić information content (AvgIpc) is 2.75. The summed E-state index contributed by atoms with van der Waals surface area (Å²) in [4.78, 5) is 27.2. The highest BCUT2D eigenvalue weighted by Crippen LogP contribution is 2.27. The molecule has 2 aromatic heterocycles. The Kier molecular flexibility index (Phi) is 6.27. The molecule has 0 atom stereocenters. The molecule has 2 heterocycles. The molecule has 0 saturated heterocycles. The Labute approximate surface area is 173 Å². The van der Waals surface area contributed by atoms with Crippen LogP contribution in [-0.2, 0) is 6.54 Å². The number of nitrogens with zero attached hydrogens (tertiary/aromatic N) is 2. The standard InChI is InChI=1S/C12H12N2O3.C12H10O/c1-3-14-6-9(12(16)17)10(15)8-5-4-7(2)13-11(8)14;13-12-9-5-4-8-11(12)10-6-2-1-3-7-10/h4-6H,3H2,1-2H3,(H,16,17);1-9,13H. The van der Waals surface area contributed by atoms with Crippen LogP contribution in [0.3, 0.4) is 0 Å². The van der Waals surface area contributed by atoms with E-state index in [0.717, 1.165) is 16.8 Å². The van der Waals surface area contributed by atoms with Gasteiger partial charge < -0.3 is 14.8 Å². The Bertz CT molecular complexity index is 1250. The lowest BCUT2D eigenvalue weighted by atomic mass is 10.1. The number of aromatic hydroxyl groups is 1. The average molecular weight is 402 g/mol. The van der Waals surface area contributed by atoms with E-state index < -0.39 is 11.4 Å². The molecule has 0 aliphatic rings. The van der Waals surface area contributed by atoms with Crippen LogP contribution in [0.2, 0.25) is 0 Å². The Morgan fingerprint density at radius 2 is 1.67 bits per heavy atom. The molecule has 4 aromatic rings. The quantitative estimate of drug-likeness (QED) is 0.527. The molecule has 0 spiro atoms. The van der Waals surface area contributed by atoms with E-state index in [2.05, 4.69) is 4.98 Å². The first-order valence-corrected chi connectivity index (χ1v) is 9.50. The summed E-state index contributed by atoms with van der Waals surface area (Å²) < 4.78 is 1.67. The number of hydrogen-bond donors (Lipinski definition) is 2. The lowest BCUT2D eigenvalue weighted by Gasteiger charge is -2.09. The van der Waals surface area contributed by atoms with Crippen LogP contribution in [-0.4, -0.2) is 25.7 Å². The number of carbonyl (C=O) groups is 1. The van der Waals surface area contributed by atoms with Crippen LogP contribution in [0.25, 0.3) is 22.2 Å². The lowest BCUT2D eigenvalue weighted by molar-refractivity contribution is 0.0695. The number of rotatable bonds is 3. The van der Waals surface area contributed by atoms with Crippen LogP contribution in [0.5, 0.6) is 5.75 Å². The van der Waals surface area contributed by atoms with Gasteiger partial charge in [-0.15, -0.1) is 0 Å². The van der Waals surface area contributed by atoms with Crippen LogP contribution >= 0.6 is 0 Å². The van der Waals surface area contributed by atoms with Crippen molar-refractivity contribution in [2.75, 3.05) is 0 Å².